The van der Waals surface area contributed by atoms with Crippen LogP contribution in [0.25, 0.3) is 16.7 Å². The Kier molecular flexibility index (Phi) is 3.38. The molecule has 6 heteroatoms. The van der Waals surface area contributed by atoms with Gasteiger partial charge in [-0.2, -0.15) is 0 Å². The first-order chi connectivity index (χ1) is 11.2. The van der Waals surface area contributed by atoms with E-state index in [1.807, 2.05) is 49.5 Å². The topological polar surface area (TPSA) is 52.2 Å². The second-order valence-electron chi connectivity index (χ2n) is 5.25. The van der Waals surface area contributed by atoms with Crippen LogP contribution in [0.3, 0.4) is 0 Å². The summed E-state index contributed by atoms with van der Waals surface area (Å²) in [5.41, 5.74) is 3.45. The van der Waals surface area contributed by atoms with Gasteiger partial charge in [0.25, 0.3) is 5.56 Å². The molecule has 0 aliphatic heterocycles. The van der Waals surface area contributed by atoms with Gasteiger partial charge in [-0.1, -0.05) is 30.0 Å². The molecule has 1 aromatic carbocycles. The summed E-state index contributed by atoms with van der Waals surface area (Å²) >= 11 is 1.58. The molecule has 0 saturated carbocycles. The van der Waals surface area contributed by atoms with Crippen LogP contribution in [0.1, 0.15) is 5.69 Å². The molecule has 0 radical (unpaired) electrons. The van der Waals surface area contributed by atoms with E-state index in [0.29, 0.717) is 11.4 Å². The Labute approximate surface area is 136 Å². The number of benzene rings is 1. The second kappa shape index (κ2) is 5.55. The van der Waals surface area contributed by atoms with E-state index < -0.39 is 0 Å². The van der Waals surface area contributed by atoms with Gasteiger partial charge in [0, 0.05) is 25.1 Å². The molecule has 0 saturated heterocycles. The van der Waals surface area contributed by atoms with Crippen LogP contribution in [0.4, 0.5) is 0 Å². The standard InChI is InChI=1S/C17H14N4OS/c1-20-14-7-3-2-6-13(14)19-17(20)23-11-12-10-16(22)21-9-5-4-8-15(21)18-12/h2-10H,11H2,1H3. The first-order valence-corrected chi connectivity index (χ1v) is 8.22. The SMILES string of the molecule is Cn1c(SCc2cc(=O)n3ccccc3n2)nc2ccccc21. The van der Waals surface area contributed by atoms with Gasteiger partial charge >= 0.3 is 0 Å². The van der Waals surface area contributed by atoms with E-state index in [1.165, 1.54) is 0 Å². The Hall–Kier alpha value is -2.60. The van der Waals surface area contributed by atoms with E-state index >= 15 is 0 Å². The van der Waals surface area contributed by atoms with E-state index in [1.54, 1.807) is 28.4 Å². The summed E-state index contributed by atoms with van der Waals surface area (Å²) in [6, 6.07) is 15.2. The zero-order chi connectivity index (χ0) is 15.8. The normalized spacial score (nSPS) is 11.3. The van der Waals surface area contributed by atoms with Crippen LogP contribution in [0.5, 0.6) is 0 Å². The fourth-order valence-corrected chi connectivity index (χ4v) is 3.45. The number of aromatic nitrogens is 4. The van der Waals surface area contributed by atoms with Crippen molar-refractivity contribution in [2.75, 3.05) is 0 Å². The van der Waals surface area contributed by atoms with Crippen LogP contribution in [0.2, 0.25) is 0 Å². The summed E-state index contributed by atoms with van der Waals surface area (Å²) < 4.78 is 3.61. The number of hydrogen-bond acceptors (Lipinski definition) is 4. The van der Waals surface area contributed by atoms with Crippen molar-refractivity contribution in [2.45, 2.75) is 10.9 Å². The summed E-state index contributed by atoms with van der Waals surface area (Å²) in [5.74, 6) is 0.609. The van der Waals surface area contributed by atoms with Gasteiger partial charge in [0.1, 0.15) is 5.65 Å². The lowest BCUT2D eigenvalue weighted by molar-refractivity contribution is 0.814. The van der Waals surface area contributed by atoms with Gasteiger partial charge in [0.05, 0.1) is 16.7 Å². The number of fused-ring (bicyclic) bond motifs is 2. The molecule has 114 valence electrons. The molecule has 0 N–H and O–H groups in total. The maximum absolute atomic E-state index is 12.1. The van der Waals surface area contributed by atoms with Gasteiger partial charge in [-0.3, -0.25) is 9.20 Å². The molecule has 5 nitrogen and oxygen atoms in total. The minimum Gasteiger partial charge on any atom is -0.322 e. The zero-order valence-corrected chi connectivity index (χ0v) is 13.3. The Morgan fingerprint density at radius 1 is 1.09 bits per heavy atom. The molecule has 0 amide bonds. The highest BCUT2D eigenvalue weighted by Crippen LogP contribution is 2.24. The molecule has 0 unspecified atom stereocenters. The lowest BCUT2D eigenvalue weighted by Crippen LogP contribution is -2.14. The fraction of sp³-hybridized carbons (Fsp3) is 0.118. The Morgan fingerprint density at radius 2 is 1.91 bits per heavy atom. The van der Waals surface area contributed by atoms with Crippen molar-refractivity contribution in [2.24, 2.45) is 7.05 Å². The molecule has 0 fully saturated rings. The maximum atomic E-state index is 12.1. The number of nitrogens with zero attached hydrogens (tertiary/aromatic N) is 4. The minimum absolute atomic E-state index is 0.0591. The van der Waals surface area contributed by atoms with Gasteiger partial charge in [-0.15, -0.1) is 0 Å². The summed E-state index contributed by atoms with van der Waals surface area (Å²) in [6.45, 7) is 0. The average Bonchev–Trinajstić information content (AvgIpc) is 2.90. The first-order valence-electron chi connectivity index (χ1n) is 7.24. The maximum Gasteiger partial charge on any atom is 0.258 e. The number of aryl methyl sites for hydroxylation is 1. The molecular formula is C17H14N4OS. The van der Waals surface area contributed by atoms with Crippen LogP contribution < -0.4 is 5.56 Å². The van der Waals surface area contributed by atoms with Crippen molar-refractivity contribution in [3.63, 3.8) is 0 Å². The number of pyridine rings is 1. The predicted octanol–water partition coefficient (Wildman–Crippen LogP) is 2.87. The third kappa shape index (κ3) is 2.51. The quantitative estimate of drug-likeness (QED) is 0.544. The lowest BCUT2D eigenvalue weighted by atomic mass is 10.3. The molecular weight excluding hydrogens is 308 g/mol. The number of hydrogen-bond donors (Lipinski definition) is 0. The molecule has 3 aromatic heterocycles. The van der Waals surface area contributed by atoms with Gasteiger partial charge in [-0.05, 0) is 24.3 Å². The number of imidazole rings is 1. The van der Waals surface area contributed by atoms with Crippen molar-refractivity contribution in [1.29, 1.82) is 0 Å². The number of rotatable bonds is 3. The minimum atomic E-state index is -0.0591. The fourth-order valence-electron chi connectivity index (χ4n) is 2.57. The molecule has 0 aliphatic rings. The van der Waals surface area contributed by atoms with E-state index in [4.69, 9.17) is 0 Å². The van der Waals surface area contributed by atoms with Crippen molar-refractivity contribution in [1.82, 2.24) is 18.9 Å². The highest BCUT2D eigenvalue weighted by Gasteiger charge is 2.09. The van der Waals surface area contributed by atoms with E-state index in [9.17, 15) is 4.79 Å². The zero-order valence-electron chi connectivity index (χ0n) is 12.5. The molecule has 0 spiro atoms. The third-order valence-corrected chi connectivity index (χ3v) is 4.78. The summed E-state index contributed by atoms with van der Waals surface area (Å²) in [7, 11) is 2.00. The summed E-state index contributed by atoms with van der Waals surface area (Å²) in [6.07, 6.45) is 1.73. The van der Waals surface area contributed by atoms with Crippen LogP contribution in [0, 0.1) is 0 Å². The molecule has 4 rings (SSSR count). The largest absolute Gasteiger partial charge is 0.322 e. The van der Waals surface area contributed by atoms with E-state index in [0.717, 1.165) is 21.9 Å². The van der Waals surface area contributed by atoms with Crippen molar-refractivity contribution in [3.8, 4) is 0 Å². The Balaban J connectivity index is 1.65. The van der Waals surface area contributed by atoms with Crippen LogP contribution in [-0.4, -0.2) is 18.9 Å². The van der Waals surface area contributed by atoms with Crippen molar-refractivity contribution < 1.29 is 0 Å². The van der Waals surface area contributed by atoms with Gasteiger partial charge < -0.3 is 4.57 Å². The first kappa shape index (κ1) is 14.0. The molecule has 3 heterocycles. The van der Waals surface area contributed by atoms with Gasteiger partial charge in [0.15, 0.2) is 5.16 Å². The molecule has 4 aromatic rings. The second-order valence-corrected chi connectivity index (χ2v) is 6.19. The molecule has 0 aliphatic carbocycles. The van der Waals surface area contributed by atoms with E-state index in [2.05, 4.69) is 14.5 Å². The summed E-state index contributed by atoms with van der Waals surface area (Å²) in [4.78, 5) is 21.3. The van der Waals surface area contributed by atoms with Gasteiger partial charge in [0.2, 0.25) is 0 Å². The third-order valence-electron chi connectivity index (χ3n) is 3.72. The highest BCUT2D eigenvalue weighted by atomic mass is 32.2. The van der Waals surface area contributed by atoms with Crippen molar-refractivity contribution >= 4 is 28.4 Å². The highest BCUT2D eigenvalue weighted by molar-refractivity contribution is 7.98. The predicted molar refractivity (Wildman–Crippen MR) is 91.7 cm³/mol. The molecule has 0 bridgehead atoms. The number of para-hydroxylation sites is 2. The van der Waals surface area contributed by atoms with Gasteiger partial charge in [-0.25, -0.2) is 9.97 Å². The van der Waals surface area contributed by atoms with Crippen LogP contribution in [0.15, 0.2) is 64.7 Å². The smallest absolute Gasteiger partial charge is 0.258 e. The Morgan fingerprint density at radius 3 is 2.78 bits per heavy atom. The molecule has 0 atom stereocenters. The van der Waals surface area contributed by atoms with Crippen molar-refractivity contribution in [3.05, 3.63) is 70.8 Å². The monoisotopic (exact) mass is 322 g/mol. The Bertz CT molecular complexity index is 1070. The van der Waals surface area contributed by atoms with Crippen LogP contribution in [-0.2, 0) is 12.8 Å². The number of thioether (sulfide) groups is 1. The van der Waals surface area contributed by atoms with Crippen LogP contribution >= 0.6 is 11.8 Å². The van der Waals surface area contributed by atoms with E-state index in [-0.39, 0.29) is 5.56 Å². The molecule has 23 heavy (non-hydrogen) atoms. The lowest BCUT2D eigenvalue weighted by Gasteiger charge is -2.04. The summed E-state index contributed by atoms with van der Waals surface area (Å²) in [5, 5.41) is 0.918. The average molecular weight is 322 g/mol.